The van der Waals surface area contributed by atoms with Crippen molar-refractivity contribution in [3.63, 3.8) is 0 Å². The van der Waals surface area contributed by atoms with Crippen molar-refractivity contribution in [3.8, 4) is 5.69 Å². The Bertz CT molecular complexity index is 560. The Kier molecular flexibility index (Phi) is 3.27. The quantitative estimate of drug-likeness (QED) is 0.856. The second-order valence-corrected chi connectivity index (χ2v) is 3.76. The second kappa shape index (κ2) is 4.87. The highest BCUT2D eigenvalue weighted by Gasteiger charge is 2.17. The van der Waals surface area contributed by atoms with Crippen LogP contribution in [0.5, 0.6) is 0 Å². The van der Waals surface area contributed by atoms with Gasteiger partial charge in [0.15, 0.2) is 5.82 Å². The average molecular weight is 246 g/mol. The minimum absolute atomic E-state index is 0.0860. The van der Waals surface area contributed by atoms with E-state index in [1.807, 2.05) is 24.3 Å². The first-order valence-corrected chi connectivity index (χ1v) is 5.63. The van der Waals surface area contributed by atoms with Crippen LogP contribution in [0.4, 0.5) is 5.82 Å². The van der Waals surface area contributed by atoms with Gasteiger partial charge in [-0.05, 0) is 24.1 Å². The lowest BCUT2D eigenvalue weighted by atomic mass is 10.2. The zero-order valence-electron chi connectivity index (χ0n) is 10.2. The fourth-order valence-corrected chi connectivity index (χ4v) is 1.60. The van der Waals surface area contributed by atoms with E-state index >= 15 is 0 Å². The number of aryl methyl sites for hydroxylation is 1. The largest absolute Gasteiger partial charge is 0.476 e. The number of nitrogens with zero attached hydrogens (tertiary/aromatic N) is 3. The smallest absolute Gasteiger partial charge is 0.360 e. The van der Waals surface area contributed by atoms with E-state index in [1.165, 1.54) is 10.4 Å². The first-order chi connectivity index (χ1) is 8.65. The highest BCUT2D eigenvalue weighted by Crippen LogP contribution is 2.13. The summed E-state index contributed by atoms with van der Waals surface area (Å²) in [7, 11) is 1.61. The number of carboxylic acid groups (broad SMARTS) is 1. The van der Waals surface area contributed by atoms with Crippen LogP contribution in [0, 0.1) is 0 Å². The molecule has 2 aromatic rings. The molecule has 0 radical (unpaired) electrons. The number of carboxylic acids is 1. The molecule has 1 aromatic carbocycles. The Labute approximate surface area is 104 Å². The minimum atomic E-state index is -1.10. The Morgan fingerprint density at radius 1 is 1.33 bits per heavy atom. The van der Waals surface area contributed by atoms with Crippen molar-refractivity contribution in [2.24, 2.45) is 0 Å². The zero-order chi connectivity index (χ0) is 13.1. The first-order valence-electron chi connectivity index (χ1n) is 5.63. The first kappa shape index (κ1) is 12.1. The Morgan fingerprint density at radius 2 is 2.00 bits per heavy atom. The monoisotopic (exact) mass is 246 g/mol. The topological polar surface area (TPSA) is 80.0 Å². The third-order valence-electron chi connectivity index (χ3n) is 2.63. The molecule has 2 rings (SSSR count). The highest BCUT2D eigenvalue weighted by atomic mass is 16.4. The second-order valence-electron chi connectivity index (χ2n) is 3.76. The SMILES string of the molecule is CCc1ccc(-n2nc(NC)c(C(=O)O)n2)cc1. The van der Waals surface area contributed by atoms with Crippen LogP contribution in [0.15, 0.2) is 24.3 Å². The number of hydrogen-bond donors (Lipinski definition) is 2. The summed E-state index contributed by atoms with van der Waals surface area (Å²) in [5.74, 6) is -0.849. The minimum Gasteiger partial charge on any atom is -0.476 e. The predicted molar refractivity (Wildman–Crippen MR) is 67.2 cm³/mol. The van der Waals surface area contributed by atoms with Crippen molar-refractivity contribution in [2.45, 2.75) is 13.3 Å². The Hall–Kier alpha value is -2.37. The molecule has 1 heterocycles. The van der Waals surface area contributed by atoms with E-state index in [4.69, 9.17) is 5.11 Å². The van der Waals surface area contributed by atoms with Gasteiger partial charge < -0.3 is 10.4 Å². The molecule has 0 aliphatic carbocycles. The van der Waals surface area contributed by atoms with E-state index in [1.54, 1.807) is 7.05 Å². The summed E-state index contributed by atoms with van der Waals surface area (Å²) in [5, 5.41) is 19.7. The number of rotatable bonds is 4. The number of benzene rings is 1. The van der Waals surface area contributed by atoms with Gasteiger partial charge in [-0.1, -0.05) is 19.1 Å². The van der Waals surface area contributed by atoms with Crippen molar-refractivity contribution >= 4 is 11.8 Å². The summed E-state index contributed by atoms with van der Waals surface area (Å²) < 4.78 is 0. The molecule has 2 N–H and O–H groups in total. The molecule has 18 heavy (non-hydrogen) atoms. The Morgan fingerprint density at radius 3 is 2.44 bits per heavy atom. The van der Waals surface area contributed by atoms with E-state index in [9.17, 15) is 4.79 Å². The fourth-order valence-electron chi connectivity index (χ4n) is 1.60. The van der Waals surface area contributed by atoms with Crippen LogP contribution < -0.4 is 5.32 Å². The predicted octanol–water partition coefficient (Wildman–Crippen LogP) is 1.57. The average Bonchev–Trinajstić information content (AvgIpc) is 2.83. The molecule has 6 nitrogen and oxygen atoms in total. The van der Waals surface area contributed by atoms with E-state index in [0.29, 0.717) is 0 Å². The maximum atomic E-state index is 11.0. The van der Waals surface area contributed by atoms with Gasteiger partial charge in [0, 0.05) is 7.05 Å². The van der Waals surface area contributed by atoms with Crippen molar-refractivity contribution in [2.75, 3.05) is 12.4 Å². The van der Waals surface area contributed by atoms with Gasteiger partial charge in [-0.2, -0.15) is 0 Å². The molecule has 1 aromatic heterocycles. The van der Waals surface area contributed by atoms with Gasteiger partial charge in [0.1, 0.15) is 0 Å². The lowest BCUT2D eigenvalue weighted by molar-refractivity contribution is 0.0691. The van der Waals surface area contributed by atoms with Crippen LogP contribution in [0.2, 0.25) is 0 Å². The third-order valence-corrected chi connectivity index (χ3v) is 2.63. The van der Waals surface area contributed by atoms with E-state index in [-0.39, 0.29) is 11.5 Å². The summed E-state index contributed by atoms with van der Waals surface area (Å²) in [4.78, 5) is 12.3. The normalized spacial score (nSPS) is 10.3. The maximum absolute atomic E-state index is 11.0. The van der Waals surface area contributed by atoms with Gasteiger partial charge in [0.25, 0.3) is 0 Å². The number of nitrogens with one attached hydrogen (secondary N) is 1. The molecule has 0 aliphatic heterocycles. The zero-order valence-corrected chi connectivity index (χ0v) is 10.2. The third kappa shape index (κ3) is 2.17. The van der Waals surface area contributed by atoms with Crippen LogP contribution in [0.25, 0.3) is 5.69 Å². The van der Waals surface area contributed by atoms with Crippen molar-refractivity contribution in [1.82, 2.24) is 15.0 Å². The van der Waals surface area contributed by atoms with Gasteiger partial charge in [0.05, 0.1) is 5.69 Å². The Balaban J connectivity index is 2.40. The van der Waals surface area contributed by atoms with Gasteiger partial charge in [-0.3, -0.25) is 0 Å². The van der Waals surface area contributed by atoms with Gasteiger partial charge in [0.2, 0.25) is 5.69 Å². The fraction of sp³-hybridized carbons (Fsp3) is 0.250. The number of hydrogen-bond acceptors (Lipinski definition) is 4. The number of carbonyl (C=O) groups is 1. The molecule has 0 amide bonds. The van der Waals surface area contributed by atoms with E-state index < -0.39 is 5.97 Å². The van der Waals surface area contributed by atoms with E-state index in [0.717, 1.165) is 12.1 Å². The molecular formula is C12H14N4O2. The summed E-state index contributed by atoms with van der Waals surface area (Å²) >= 11 is 0. The van der Waals surface area contributed by atoms with E-state index in [2.05, 4.69) is 22.4 Å². The van der Waals surface area contributed by atoms with Crippen LogP contribution in [-0.2, 0) is 6.42 Å². The lowest BCUT2D eigenvalue weighted by Crippen LogP contribution is -2.03. The van der Waals surface area contributed by atoms with Crippen LogP contribution in [0.1, 0.15) is 23.0 Å². The molecule has 94 valence electrons. The molecular weight excluding hydrogens is 232 g/mol. The van der Waals surface area contributed by atoms with Crippen LogP contribution >= 0.6 is 0 Å². The van der Waals surface area contributed by atoms with Gasteiger partial charge >= 0.3 is 5.97 Å². The number of anilines is 1. The number of aromatic nitrogens is 3. The molecule has 0 saturated carbocycles. The van der Waals surface area contributed by atoms with Crippen molar-refractivity contribution in [3.05, 3.63) is 35.5 Å². The molecule has 0 bridgehead atoms. The van der Waals surface area contributed by atoms with Crippen molar-refractivity contribution in [1.29, 1.82) is 0 Å². The molecule has 0 unspecified atom stereocenters. The molecule has 0 spiro atoms. The van der Waals surface area contributed by atoms with Gasteiger partial charge in [-0.15, -0.1) is 15.0 Å². The molecule has 0 saturated heterocycles. The highest BCUT2D eigenvalue weighted by molar-refractivity contribution is 5.90. The van der Waals surface area contributed by atoms with Crippen LogP contribution in [-0.4, -0.2) is 33.1 Å². The van der Waals surface area contributed by atoms with Crippen molar-refractivity contribution < 1.29 is 9.90 Å². The molecule has 6 heteroatoms. The maximum Gasteiger partial charge on any atom is 0.360 e. The summed E-state index contributed by atoms with van der Waals surface area (Å²) in [6.45, 7) is 2.07. The lowest BCUT2D eigenvalue weighted by Gasteiger charge is -2.00. The summed E-state index contributed by atoms with van der Waals surface area (Å²) in [6, 6.07) is 7.67. The van der Waals surface area contributed by atoms with Crippen LogP contribution in [0.3, 0.4) is 0 Å². The summed E-state index contributed by atoms with van der Waals surface area (Å²) in [6.07, 6.45) is 0.953. The standard InChI is InChI=1S/C12H14N4O2/c1-3-8-4-6-9(7-5-8)16-14-10(12(17)18)11(13-2)15-16/h4-7H,3H2,1-2H3,(H,13,15)(H,17,18). The molecule has 0 atom stereocenters. The summed E-state index contributed by atoms with van der Waals surface area (Å²) in [5.41, 5.74) is 1.85. The number of aromatic carboxylic acids is 1. The molecule has 0 aliphatic rings. The molecule has 0 fully saturated rings. The van der Waals surface area contributed by atoms with Gasteiger partial charge in [-0.25, -0.2) is 4.79 Å².